The van der Waals surface area contributed by atoms with E-state index in [9.17, 15) is 14.0 Å². The summed E-state index contributed by atoms with van der Waals surface area (Å²) in [5, 5.41) is 5.20. The average molecular weight is 376 g/mol. The molecule has 7 rings (SSSR count). The molecule has 2 saturated carbocycles. The molecule has 0 spiro atoms. The Morgan fingerprint density at radius 2 is 1.61 bits per heavy atom. The summed E-state index contributed by atoms with van der Waals surface area (Å²) in [6.07, 6.45) is 6.81. The smallest absolute Gasteiger partial charge is 0.254 e. The highest BCUT2D eigenvalue weighted by Gasteiger charge is 2.67. The largest absolute Gasteiger partial charge is 0.455 e. The van der Waals surface area contributed by atoms with E-state index >= 15 is 0 Å². The molecule has 3 fully saturated rings. The van der Waals surface area contributed by atoms with Crippen LogP contribution in [0.2, 0.25) is 0 Å². The number of hydrogen-bond acceptors (Lipinski definition) is 4. The first-order chi connectivity index (χ1) is 13.6. The molecule has 28 heavy (non-hydrogen) atoms. The van der Waals surface area contributed by atoms with Crippen molar-refractivity contribution < 1.29 is 18.4 Å². The van der Waals surface area contributed by atoms with E-state index in [4.69, 9.17) is 4.42 Å². The maximum absolute atomic E-state index is 13.1. The van der Waals surface area contributed by atoms with Gasteiger partial charge in [-0.15, -0.1) is 0 Å². The molecule has 1 aromatic heterocycles. The van der Waals surface area contributed by atoms with E-state index in [1.54, 1.807) is 24.3 Å². The second-order valence-corrected chi connectivity index (χ2v) is 8.10. The minimum absolute atomic E-state index is 0.186. The normalized spacial score (nSPS) is 35.0. The zero-order valence-electron chi connectivity index (χ0n) is 14.9. The van der Waals surface area contributed by atoms with Crippen LogP contribution in [0.3, 0.4) is 0 Å². The van der Waals surface area contributed by atoms with Gasteiger partial charge in [-0.2, -0.15) is 10.1 Å². The zero-order valence-corrected chi connectivity index (χ0v) is 14.9. The third kappa shape index (κ3) is 2.14. The van der Waals surface area contributed by atoms with E-state index in [-0.39, 0.29) is 41.3 Å². The van der Waals surface area contributed by atoms with E-state index in [0.29, 0.717) is 23.4 Å². The maximum Gasteiger partial charge on any atom is 0.254 e. The first-order valence-corrected chi connectivity index (χ1v) is 9.58. The van der Waals surface area contributed by atoms with Gasteiger partial charge in [0.15, 0.2) is 0 Å². The van der Waals surface area contributed by atoms with Crippen molar-refractivity contribution in [1.29, 1.82) is 0 Å². The van der Waals surface area contributed by atoms with E-state index < -0.39 is 0 Å². The molecule has 2 bridgehead atoms. The van der Waals surface area contributed by atoms with Gasteiger partial charge in [0.2, 0.25) is 0 Å². The summed E-state index contributed by atoms with van der Waals surface area (Å²) in [5.41, 5.74) is 0.738. The number of furan rings is 1. The van der Waals surface area contributed by atoms with Crippen LogP contribution in [0.25, 0.3) is 11.3 Å². The monoisotopic (exact) mass is 376 g/mol. The van der Waals surface area contributed by atoms with Crippen LogP contribution < -0.4 is 0 Å². The van der Waals surface area contributed by atoms with Gasteiger partial charge in [0.1, 0.15) is 17.3 Å². The van der Waals surface area contributed by atoms with Gasteiger partial charge in [0.25, 0.3) is 11.8 Å². The summed E-state index contributed by atoms with van der Waals surface area (Å²) >= 11 is 0. The van der Waals surface area contributed by atoms with Gasteiger partial charge in [-0.3, -0.25) is 9.59 Å². The Morgan fingerprint density at radius 1 is 0.964 bits per heavy atom. The lowest BCUT2D eigenvalue weighted by Gasteiger charge is -2.37. The Morgan fingerprint density at radius 3 is 2.25 bits per heavy atom. The van der Waals surface area contributed by atoms with Crippen molar-refractivity contribution in [3.63, 3.8) is 0 Å². The summed E-state index contributed by atoms with van der Waals surface area (Å²) in [6.45, 7) is 0. The van der Waals surface area contributed by atoms with Crippen LogP contribution >= 0.6 is 0 Å². The van der Waals surface area contributed by atoms with Crippen molar-refractivity contribution in [1.82, 2.24) is 5.01 Å². The van der Waals surface area contributed by atoms with Gasteiger partial charge in [-0.1, -0.05) is 12.2 Å². The first kappa shape index (κ1) is 16.0. The number of benzene rings is 1. The van der Waals surface area contributed by atoms with Crippen molar-refractivity contribution in [3.8, 4) is 11.3 Å². The molecule has 2 amide bonds. The molecule has 1 aromatic carbocycles. The molecule has 140 valence electrons. The van der Waals surface area contributed by atoms with Crippen LogP contribution in [0.4, 0.5) is 4.39 Å². The molecule has 5 aliphatic rings. The molecule has 2 aromatic rings. The average Bonchev–Trinajstić information content (AvgIpc) is 3.34. The predicted octanol–water partition coefficient (Wildman–Crippen LogP) is 3.47. The Hall–Kier alpha value is -3.02. The van der Waals surface area contributed by atoms with Crippen molar-refractivity contribution in [2.45, 2.75) is 6.42 Å². The van der Waals surface area contributed by atoms with Crippen molar-refractivity contribution in [3.05, 3.63) is 60.1 Å². The zero-order chi connectivity index (χ0) is 19.0. The van der Waals surface area contributed by atoms with Crippen molar-refractivity contribution in [2.75, 3.05) is 0 Å². The van der Waals surface area contributed by atoms with Gasteiger partial charge >= 0.3 is 0 Å². The topological polar surface area (TPSA) is 62.9 Å². The van der Waals surface area contributed by atoms with Gasteiger partial charge in [0.05, 0.1) is 18.1 Å². The van der Waals surface area contributed by atoms with Crippen LogP contribution in [0.15, 0.2) is 58.1 Å². The minimum Gasteiger partial charge on any atom is -0.455 e. The summed E-state index contributed by atoms with van der Waals surface area (Å²) in [7, 11) is 0. The fourth-order valence-electron chi connectivity index (χ4n) is 5.36. The van der Waals surface area contributed by atoms with E-state index in [0.717, 1.165) is 17.0 Å². The number of hydrazone groups is 1. The number of hydrogen-bond donors (Lipinski definition) is 0. The lowest BCUT2D eigenvalue weighted by molar-refractivity contribution is -0.140. The summed E-state index contributed by atoms with van der Waals surface area (Å²) in [5.74, 6) is 1.30. The Balaban J connectivity index is 1.24. The summed E-state index contributed by atoms with van der Waals surface area (Å²) < 4.78 is 18.8. The first-order valence-electron chi connectivity index (χ1n) is 9.58. The Kier molecular flexibility index (Phi) is 3.14. The van der Waals surface area contributed by atoms with Gasteiger partial charge in [-0.25, -0.2) is 4.39 Å². The molecule has 0 N–H and O–H groups in total. The van der Waals surface area contributed by atoms with Crippen LogP contribution in [0, 0.1) is 41.3 Å². The highest BCUT2D eigenvalue weighted by molar-refractivity contribution is 6.06. The number of rotatable bonds is 3. The second-order valence-electron chi connectivity index (χ2n) is 8.10. The molecule has 6 unspecified atom stereocenters. The molecule has 5 nitrogen and oxygen atoms in total. The number of amides is 2. The molecule has 6 heteroatoms. The highest BCUT2D eigenvalue weighted by atomic mass is 19.1. The number of carbonyl (C=O) groups is 2. The van der Waals surface area contributed by atoms with Crippen LogP contribution in [-0.2, 0) is 9.59 Å². The maximum atomic E-state index is 13.1. The lowest BCUT2D eigenvalue weighted by atomic mass is 9.63. The molecular weight excluding hydrogens is 359 g/mol. The minimum atomic E-state index is -0.314. The quantitative estimate of drug-likeness (QED) is 0.468. The number of nitrogens with zero attached hydrogens (tertiary/aromatic N) is 2. The number of carbonyl (C=O) groups excluding carboxylic acids is 2. The summed E-state index contributed by atoms with van der Waals surface area (Å²) in [4.78, 5) is 25.8. The molecule has 0 radical (unpaired) electrons. The molecule has 2 heterocycles. The molecule has 6 atom stereocenters. The van der Waals surface area contributed by atoms with Crippen LogP contribution in [0.5, 0.6) is 0 Å². The number of halogens is 1. The van der Waals surface area contributed by atoms with Crippen LogP contribution in [-0.4, -0.2) is 23.0 Å². The Labute approximate surface area is 160 Å². The van der Waals surface area contributed by atoms with Gasteiger partial charge < -0.3 is 4.42 Å². The molecule has 1 saturated heterocycles. The van der Waals surface area contributed by atoms with Gasteiger partial charge in [0, 0.05) is 5.56 Å². The Bertz CT molecular complexity index is 1020. The highest BCUT2D eigenvalue weighted by Crippen LogP contribution is 2.65. The second kappa shape index (κ2) is 5.50. The molecule has 1 aliphatic heterocycles. The molecular formula is C22H17FN2O3. The van der Waals surface area contributed by atoms with Gasteiger partial charge in [-0.05, 0) is 66.5 Å². The lowest BCUT2D eigenvalue weighted by Crippen LogP contribution is -2.40. The fraction of sp³-hybridized carbons (Fsp3) is 0.318. The fourth-order valence-corrected chi connectivity index (χ4v) is 5.36. The summed E-state index contributed by atoms with van der Waals surface area (Å²) in [6, 6.07) is 9.44. The van der Waals surface area contributed by atoms with E-state index in [2.05, 4.69) is 17.3 Å². The van der Waals surface area contributed by atoms with Crippen LogP contribution in [0.1, 0.15) is 12.2 Å². The van der Waals surface area contributed by atoms with E-state index in [1.165, 1.54) is 18.3 Å². The predicted molar refractivity (Wildman–Crippen MR) is 98.2 cm³/mol. The standard InChI is InChI=1S/C22H17FN2O3/c23-12-3-1-11(2-4-12)18-8-5-13(28-18)10-24-25-21(26)19-14-6-7-15(17-9-16(14)17)20(19)22(25)27/h1-8,10,14-17,19-20H,9H2/b24-10+. The van der Waals surface area contributed by atoms with Crippen molar-refractivity contribution in [2.24, 2.45) is 40.6 Å². The van der Waals surface area contributed by atoms with Crippen molar-refractivity contribution >= 4 is 18.0 Å². The van der Waals surface area contributed by atoms with E-state index in [1.807, 2.05) is 0 Å². The number of allylic oxidation sites excluding steroid dienone is 2. The molecule has 4 aliphatic carbocycles. The number of imide groups is 1. The third-order valence-electron chi connectivity index (χ3n) is 6.70. The third-order valence-corrected chi connectivity index (χ3v) is 6.70. The SMILES string of the molecule is O=C1C2C3C=CC(C4CC34)C2C(=O)N1/N=C/c1ccc(-c2ccc(F)cc2)o1.